The van der Waals surface area contributed by atoms with Gasteiger partial charge in [0.25, 0.3) is 0 Å². The summed E-state index contributed by atoms with van der Waals surface area (Å²) in [6, 6.07) is 0. The number of nitrogen functional groups attached to an aromatic ring is 2. The van der Waals surface area contributed by atoms with E-state index in [1.807, 2.05) is 6.92 Å². The molecule has 0 aromatic carbocycles. The number of alkyl halides is 1. The van der Waals surface area contributed by atoms with Crippen molar-refractivity contribution in [3.05, 3.63) is 25.3 Å². The number of imidazole rings is 2. The molecule has 4 aromatic rings. The molecule has 11 N–H and O–H groups in total. The fourth-order valence-corrected chi connectivity index (χ4v) is 14.9. The number of ether oxygens (including phenoxy) is 5. The topological polar surface area (TPSA) is 370 Å². The van der Waals surface area contributed by atoms with Gasteiger partial charge >= 0.3 is 25.5 Å². The van der Waals surface area contributed by atoms with E-state index in [-0.39, 0.29) is 30.1 Å². The van der Waals surface area contributed by atoms with Crippen LogP contribution in [0.5, 0.6) is 0 Å². The van der Waals surface area contributed by atoms with Gasteiger partial charge in [0.2, 0.25) is 7.44 Å². The second-order valence-corrected chi connectivity index (χ2v) is 29.5. The lowest BCUT2D eigenvalue weighted by molar-refractivity contribution is -0.157. The molecule has 28 heteroatoms. The molecule has 4 aromatic heterocycles. The van der Waals surface area contributed by atoms with Crippen LogP contribution >= 0.6 is 26.6 Å². The molecule has 0 unspecified atom stereocenters. The highest BCUT2D eigenvalue weighted by molar-refractivity contribution is 7.59. The minimum absolute atomic E-state index is 0. The molecule has 0 radical (unpaired) electrons. The molecule has 13 rings (SSSR count). The Morgan fingerprint density at radius 1 is 0.633 bits per heavy atom. The number of anilines is 2. The molecular formula is C51H82ClN13O12P2. The van der Waals surface area contributed by atoms with Crippen LogP contribution in [0.15, 0.2) is 25.3 Å². The van der Waals surface area contributed by atoms with Gasteiger partial charge in [0.1, 0.15) is 52.3 Å². The van der Waals surface area contributed by atoms with Crippen molar-refractivity contribution in [2.75, 3.05) is 44.0 Å². The molecule has 9 saturated carbocycles. The van der Waals surface area contributed by atoms with Crippen molar-refractivity contribution in [2.24, 2.45) is 34.0 Å². The van der Waals surface area contributed by atoms with E-state index in [0.717, 1.165) is 37.0 Å². The summed E-state index contributed by atoms with van der Waals surface area (Å²) in [5.41, 5.74) is 12.3. The number of carbonyl (C=O) groups is 3. The van der Waals surface area contributed by atoms with Crippen molar-refractivity contribution in [3.63, 3.8) is 0 Å². The molecule has 6 bridgehead atoms. The number of nitrogens with zero attached hydrogens (tertiary/aromatic N) is 8. The first-order valence-corrected chi connectivity index (χ1v) is 30.9. The van der Waals surface area contributed by atoms with Gasteiger partial charge in [-0.15, -0.1) is 11.6 Å². The quantitative estimate of drug-likeness (QED) is 0.0144. The Bertz CT molecular complexity index is 2810. The van der Waals surface area contributed by atoms with Crippen LogP contribution < -0.4 is 27.8 Å². The minimum atomic E-state index is -4.16. The predicted molar refractivity (Wildman–Crippen MR) is 295 cm³/mol. The lowest BCUT2D eigenvalue weighted by Gasteiger charge is -2.62. The van der Waals surface area contributed by atoms with Crippen LogP contribution in [0.3, 0.4) is 0 Å². The van der Waals surface area contributed by atoms with Crippen molar-refractivity contribution >= 4 is 78.5 Å². The Kier molecular flexibility index (Phi) is 18.7. The van der Waals surface area contributed by atoms with Crippen LogP contribution in [0.2, 0.25) is 0 Å². The van der Waals surface area contributed by atoms with E-state index in [9.17, 15) is 23.5 Å². The molecule has 0 saturated heterocycles. The fraction of sp³-hybridized carbons (Fsp3) is 0.745. The lowest BCUT2D eigenvalue weighted by atomic mass is 9.43. The predicted octanol–water partition coefficient (Wildman–Crippen LogP) is 7.02. The average molecular weight is 1170 g/mol. The summed E-state index contributed by atoms with van der Waals surface area (Å²) < 4.78 is 56.4. The average Bonchev–Trinajstić information content (AvgIpc) is 3.87. The Labute approximate surface area is 466 Å². The van der Waals surface area contributed by atoms with Gasteiger partial charge < -0.3 is 60.2 Å². The van der Waals surface area contributed by atoms with E-state index < -0.39 is 61.5 Å². The first kappa shape index (κ1) is 62.2. The van der Waals surface area contributed by atoms with Gasteiger partial charge in [-0.3, -0.25) is 23.5 Å². The zero-order valence-corrected chi connectivity index (χ0v) is 49.4. The van der Waals surface area contributed by atoms with E-state index in [1.54, 1.807) is 63.9 Å². The SMILES string of the molecule is CC(C)(Cl)C(=O)OCCC12CC(C1)C2.C[C@H](Cn1cnc2c(N)ncnc21)OCP(=O)(NC(C)(C)C(=O)OCCC12CC(C1)C2)NC(C)(C)C(=O)OCCC12CC(C1)C2.C[C@H](Cn1cnc2c(N)ncnc21)OCP(=O)(O)O.N. The molecule has 4 heterocycles. The third-order valence-electron chi connectivity index (χ3n) is 16.4. The number of rotatable bonds is 26. The molecule has 0 spiro atoms. The van der Waals surface area contributed by atoms with E-state index >= 15 is 0 Å². The normalized spacial score (nSPS) is 25.7. The van der Waals surface area contributed by atoms with E-state index in [1.165, 1.54) is 76.8 Å². The summed E-state index contributed by atoms with van der Waals surface area (Å²) in [4.78, 5) is 78.9. The third-order valence-corrected chi connectivity index (χ3v) is 19.3. The Morgan fingerprint density at radius 2 is 0.975 bits per heavy atom. The molecule has 9 aliphatic carbocycles. The number of halogens is 1. The molecule has 440 valence electrons. The molecule has 79 heavy (non-hydrogen) atoms. The first-order chi connectivity index (χ1) is 36.4. The van der Waals surface area contributed by atoms with Gasteiger partial charge in [-0.05, 0) is 166 Å². The maximum absolute atomic E-state index is 14.6. The van der Waals surface area contributed by atoms with Crippen LogP contribution in [-0.4, -0.2) is 127 Å². The molecule has 0 aliphatic heterocycles. The molecule has 25 nitrogen and oxygen atoms in total. The molecule has 9 aliphatic rings. The van der Waals surface area contributed by atoms with Crippen LogP contribution in [0.4, 0.5) is 11.6 Å². The van der Waals surface area contributed by atoms with E-state index in [0.29, 0.717) is 71.5 Å². The largest absolute Gasteiger partial charge is 0.464 e. The maximum atomic E-state index is 14.6. The standard InChI is InChI=1S/C31H48N7O6P.C11H17ClO2.C9H14N5O4P.H3N/c1-20(16-38-18-35-23-24(32)33-17-34-25(23)38)44-19-45(41,36-28(2,3)26(39)42-8-6-30-10-21(11-30)12-30)37-29(4,5)27(40)43-9-7-31-13-22(14-31)15-31;1-10(2,12)9(13)14-4-3-11-5-8(6-11)7-11;1-6(18-5-19(15,16)17)2-14-4-13-7-8(10)11-3-12-9(7)14;/h17-18,20-22H,6-16,19H2,1-5H3,(H2,32,33,34)(H2,36,37,41);8H,3-7H2,1-2H3;3-4,6H,2,5H2,1H3,(H2,10,11,12)(H2,15,16,17);1H3/t20-,21?,22?,30?,31?,45?;;6-;/m1.1./s1. The number of esters is 3. The smallest absolute Gasteiger partial charge is 0.350 e. The molecule has 2 atom stereocenters. The summed E-state index contributed by atoms with van der Waals surface area (Å²) in [6.07, 6.45) is 18.2. The van der Waals surface area contributed by atoms with Crippen molar-refractivity contribution in [3.8, 4) is 0 Å². The number of carbonyl (C=O) groups excluding carboxylic acids is 3. The van der Waals surface area contributed by atoms with Crippen molar-refractivity contribution in [1.82, 2.24) is 55.4 Å². The van der Waals surface area contributed by atoms with Crippen molar-refractivity contribution in [2.45, 2.75) is 174 Å². The second-order valence-electron chi connectivity index (χ2n) is 24.8. The second kappa shape index (κ2) is 23.8. The summed E-state index contributed by atoms with van der Waals surface area (Å²) in [5, 5.41) is 6.01. The van der Waals surface area contributed by atoms with E-state index in [2.05, 4.69) is 40.1 Å². The highest BCUT2D eigenvalue weighted by Gasteiger charge is 2.57. The van der Waals surface area contributed by atoms with Crippen molar-refractivity contribution in [1.29, 1.82) is 0 Å². The Hall–Kier alpha value is -4.42. The van der Waals surface area contributed by atoms with Gasteiger partial charge in [0.15, 0.2) is 22.9 Å². The van der Waals surface area contributed by atoms with Crippen LogP contribution in [0.25, 0.3) is 22.3 Å². The van der Waals surface area contributed by atoms with Crippen LogP contribution in [0.1, 0.15) is 132 Å². The molecule has 0 amide bonds. The first-order valence-electron chi connectivity index (χ1n) is 26.9. The van der Waals surface area contributed by atoms with E-state index in [4.69, 9.17) is 56.5 Å². The zero-order chi connectivity index (χ0) is 56.7. The lowest BCUT2D eigenvalue weighted by Crippen LogP contribution is -2.55. The number of nitrogens with two attached hydrogens (primary N) is 2. The van der Waals surface area contributed by atoms with Gasteiger partial charge in [-0.25, -0.2) is 40.1 Å². The summed E-state index contributed by atoms with van der Waals surface area (Å²) in [5.74, 6) is 1.96. The maximum Gasteiger partial charge on any atom is 0.350 e. The fourth-order valence-electron chi connectivity index (χ4n) is 11.8. The number of fused-ring (bicyclic) bond motifs is 2. The summed E-state index contributed by atoms with van der Waals surface area (Å²) in [7, 11) is -7.93. The summed E-state index contributed by atoms with van der Waals surface area (Å²) in [6.45, 7) is 15.3. The number of aromatic nitrogens is 8. The molecule has 9 fully saturated rings. The van der Waals surface area contributed by atoms with Crippen molar-refractivity contribution < 1.29 is 57.0 Å². The number of hydrogen-bond donors (Lipinski definition) is 7. The summed E-state index contributed by atoms with van der Waals surface area (Å²) >= 11 is 5.82. The highest BCUT2D eigenvalue weighted by atomic mass is 35.5. The number of nitrogens with one attached hydrogen (secondary N) is 2. The van der Waals surface area contributed by atoms with Crippen LogP contribution in [-0.2, 0) is 60.3 Å². The highest BCUT2D eigenvalue weighted by Crippen LogP contribution is 2.67. The monoisotopic (exact) mass is 1170 g/mol. The van der Waals surface area contributed by atoms with Gasteiger partial charge in [0.05, 0.1) is 57.8 Å². The zero-order valence-electron chi connectivity index (χ0n) is 46.8. The Balaban J connectivity index is 0.000000216. The Morgan fingerprint density at radius 3 is 1.29 bits per heavy atom. The third kappa shape index (κ3) is 15.2. The molecular weight excluding hydrogens is 1080 g/mol. The van der Waals surface area contributed by atoms with Gasteiger partial charge in [-0.2, -0.15) is 0 Å². The van der Waals surface area contributed by atoms with Gasteiger partial charge in [-0.1, -0.05) is 0 Å². The minimum Gasteiger partial charge on any atom is -0.464 e. The number of hydrogen-bond acceptors (Lipinski definition) is 19. The van der Waals surface area contributed by atoms with Crippen LogP contribution in [0, 0.1) is 34.0 Å². The van der Waals surface area contributed by atoms with Gasteiger partial charge in [0, 0.05) is 0 Å².